The summed E-state index contributed by atoms with van der Waals surface area (Å²) in [6.45, 7) is 0. The van der Waals surface area contributed by atoms with Crippen molar-refractivity contribution in [3.63, 3.8) is 0 Å². The molecule has 2 nitrogen and oxygen atoms in total. The molecule has 4 heteroatoms. The van der Waals surface area contributed by atoms with Gasteiger partial charge in [0.25, 0.3) is 0 Å². The molecule has 0 aliphatic heterocycles. The zero-order valence-corrected chi connectivity index (χ0v) is 8.37. The van der Waals surface area contributed by atoms with E-state index in [-0.39, 0.29) is 22.5 Å². The van der Waals surface area contributed by atoms with Gasteiger partial charge in [-0.2, -0.15) is 0 Å². The third-order valence-electron chi connectivity index (χ3n) is 2.38. The first-order valence-corrected chi connectivity index (χ1v) is 4.69. The molecular weight excluding hydrogens is 210 g/mol. The molecule has 16 heavy (non-hydrogen) atoms. The molecule has 82 valence electrons. The molecule has 0 aliphatic rings. The zero-order chi connectivity index (χ0) is 11.7. The van der Waals surface area contributed by atoms with E-state index in [2.05, 4.69) is 0 Å². The van der Waals surface area contributed by atoms with E-state index in [0.29, 0.717) is 0 Å². The lowest BCUT2D eigenvalue weighted by Crippen LogP contribution is -2.00. The van der Waals surface area contributed by atoms with E-state index in [1.807, 2.05) is 0 Å². The van der Waals surface area contributed by atoms with Crippen molar-refractivity contribution >= 4 is 11.4 Å². The van der Waals surface area contributed by atoms with Gasteiger partial charge in [0, 0.05) is 11.1 Å². The Kier molecular flexibility index (Phi) is 2.48. The summed E-state index contributed by atoms with van der Waals surface area (Å²) in [6.07, 6.45) is 0. The highest BCUT2D eigenvalue weighted by Gasteiger charge is 2.13. The second kappa shape index (κ2) is 3.81. The molecule has 2 aromatic rings. The van der Waals surface area contributed by atoms with E-state index in [0.717, 1.165) is 0 Å². The second-order valence-corrected chi connectivity index (χ2v) is 3.41. The summed E-state index contributed by atoms with van der Waals surface area (Å²) in [7, 11) is 0. The number of nitrogen functional groups attached to an aromatic ring is 2. The summed E-state index contributed by atoms with van der Waals surface area (Å²) in [4.78, 5) is 0. The Balaban J connectivity index is 2.66. The second-order valence-electron chi connectivity index (χ2n) is 3.41. The third kappa shape index (κ3) is 1.58. The van der Waals surface area contributed by atoms with Crippen LogP contribution in [-0.4, -0.2) is 0 Å². The van der Waals surface area contributed by atoms with E-state index in [4.69, 9.17) is 11.5 Å². The molecule has 0 amide bonds. The number of nitrogens with two attached hydrogens (primary N) is 2. The molecule has 4 N–H and O–H groups in total. The van der Waals surface area contributed by atoms with Crippen LogP contribution in [0, 0.1) is 11.6 Å². The van der Waals surface area contributed by atoms with Crippen molar-refractivity contribution in [1.82, 2.24) is 0 Å². The number of rotatable bonds is 1. The number of halogens is 2. The first-order valence-electron chi connectivity index (χ1n) is 4.69. The van der Waals surface area contributed by atoms with Crippen molar-refractivity contribution in [2.45, 2.75) is 0 Å². The predicted octanol–water partition coefficient (Wildman–Crippen LogP) is 2.80. The van der Waals surface area contributed by atoms with Gasteiger partial charge in [-0.1, -0.05) is 18.2 Å². The molecular formula is C12H10F2N2. The smallest absolute Gasteiger partial charge is 0.156 e. The highest BCUT2D eigenvalue weighted by molar-refractivity contribution is 5.75. The predicted molar refractivity (Wildman–Crippen MR) is 60.6 cm³/mol. The largest absolute Gasteiger partial charge is 0.397 e. The molecule has 2 aromatic carbocycles. The Morgan fingerprint density at radius 3 is 2.19 bits per heavy atom. The fourth-order valence-electron chi connectivity index (χ4n) is 1.50. The topological polar surface area (TPSA) is 52.0 Å². The van der Waals surface area contributed by atoms with Crippen LogP contribution in [0.1, 0.15) is 0 Å². The Morgan fingerprint density at radius 1 is 0.812 bits per heavy atom. The first kappa shape index (κ1) is 10.4. The van der Waals surface area contributed by atoms with Crippen molar-refractivity contribution in [2.75, 3.05) is 11.5 Å². The summed E-state index contributed by atoms with van der Waals surface area (Å²) in [5.74, 6) is -1.18. The molecule has 0 saturated carbocycles. The molecule has 0 spiro atoms. The highest BCUT2D eigenvalue weighted by atomic mass is 19.1. The van der Waals surface area contributed by atoms with Crippen LogP contribution >= 0.6 is 0 Å². The normalized spacial score (nSPS) is 10.4. The van der Waals surface area contributed by atoms with Crippen molar-refractivity contribution in [3.05, 3.63) is 48.0 Å². The third-order valence-corrected chi connectivity index (χ3v) is 2.38. The lowest BCUT2D eigenvalue weighted by atomic mass is 10.0. The zero-order valence-electron chi connectivity index (χ0n) is 8.37. The lowest BCUT2D eigenvalue weighted by Gasteiger charge is -2.08. The number of hydrogen-bond acceptors (Lipinski definition) is 2. The van der Waals surface area contributed by atoms with Crippen LogP contribution in [0.3, 0.4) is 0 Å². The van der Waals surface area contributed by atoms with Gasteiger partial charge in [-0.15, -0.1) is 0 Å². The first-order chi connectivity index (χ1) is 7.61. The van der Waals surface area contributed by atoms with Crippen LogP contribution in [-0.2, 0) is 0 Å². The molecule has 0 atom stereocenters. The monoisotopic (exact) mass is 220 g/mol. The summed E-state index contributed by atoms with van der Waals surface area (Å²) in [5.41, 5.74) is 11.2. The van der Waals surface area contributed by atoms with Crippen LogP contribution in [0.4, 0.5) is 20.2 Å². The summed E-state index contributed by atoms with van der Waals surface area (Å²) >= 11 is 0. The fourth-order valence-corrected chi connectivity index (χ4v) is 1.50. The van der Waals surface area contributed by atoms with E-state index in [1.165, 1.54) is 30.3 Å². The average molecular weight is 220 g/mol. The van der Waals surface area contributed by atoms with Gasteiger partial charge in [0.05, 0.1) is 11.4 Å². The maximum absolute atomic E-state index is 13.8. The average Bonchev–Trinajstić information content (AvgIpc) is 2.28. The van der Waals surface area contributed by atoms with Crippen LogP contribution in [0.15, 0.2) is 36.4 Å². The number of benzene rings is 2. The maximum atomic E-state index is 13.8. The standard InChI is InChI=1S/C12H10F2N2/c13-9-4-2-1-3-7(9)8-5-6-10(15)12(16)11(8)14/h1-6H,15-16H2. The van der Waals surface area contributed by atoms with E-state index < -0.39 is 11.6 Å². The summed E-state index contributed by atoms with van der Waals surface area (Å²) in [6, 6.07) is 8.80. The fraction of sp³-hybridized carbons (Fsp3) is 0. The van der Waals surface area contributed by atoms with Crippen LogP contribution in [0.25, 0.3) is 11.1 Å². The molecule has 0 radical (unpaired) electrons. The number of hydrogen-bond donors (Lipinski definition) is 2. The van der Waals surface area contributed by atoms with Gasteiger partial charge in [0.2, 0.25) is 0 Å². The summed E-state index contributed by atoms with van der Waals surface area (Å²) in [5, 5.41) is 0. The Bertz CT molecular complexity index is 539. The molecule has 2 rings (SSSR count). The van der Waals surface area contributed by atoms with Gasteiger partial charge in [-0.25, -0.2) is 8.78 Å². The highest BCUT2D eigenvalue weighted by Crippen LogP contribution is 2.31. The van der Waals surface area contributed by atoms with Gasteiger partial charge >= 0.3 is 0 Å². The molecule has 0 fully saturated rings. The maximum Gasteiger partial charge on any atom is 0.156 e. The van der Waals surface area contributed by atoms with Crippen LogP contribution in [0.2, 0.25) is 0 Å². The molecule has 0 aliphatic carbocycles. The molecule has 0 saturated heterocycles. The SMILES string of the molecule is Nc1ccc(-c2ccccc2F)c(F)c1N. The Labute approximate surface area is 91.5 Å². The van der Waals surface area contributed by atoms with E-state index >= 15 is 0 Å². The van der Waals surface area contributed by atoms with Crippen LogP contribution in [0.5, 0.6) is 0 Å². The Morgan fingerprint density at radius 2 is 1.50 bits per heavy atom. The molecule has 0 aromatic heterocycles. The van der Waals surface area contributed by atoms with Crippen molar-refractivity contribution in [2.24, 2.45) is 0 Å². The van der Waals surface area contributed by atoms with Crippen molar-refractivity contribution in [3.8, 4) is 11.1 Å². The van der Waals surface area contributed by atoms with Crippen molar-refractivity contribution < 1.29 is 8.78 Å². The van der Waals surface area contributed by atoms with Gasteiger partial charge in [0.1, 0.15) is 5.82 Å². The minimum Gasteiger partial charge on any atom is -0.397 e. The Hall–Kier alpha value is -2.10. The quantitative estimate of drug-likeness (QED) is 0.726. The van der Waals surface area contributed by atoms with Gasteiger partial charge < -0.3 is 11.5 Å². The molecule has 0 unspecified atom stereocenters. The van der Waals surface area contributed by atoms with Crippen LogP contribution < -0.4 is 11.5 Å². The van der Waals surface area contributed by atoms with Crippen molar-refractivity contribution in [1.29, 1.82) is 0 Å². The summed E-state index contributed by atoms with van der Waals surface area (Å²) < 4.78 is 27.2. The van der Waals surface area contributed by atoms with E-state index in [9.17, 15) is 8.78 Å². The minimum absolute atomic E-state index is 0.116. The molecule has 0 heterocycles. The lowest BCUT2D eigenvalue weighted by molar-refractivity contribution is 0.619. The van der Waals surface area contributed by atoms with E-state index in [1.54, 1.807) is 6.07 Å². The molecule has 0 bridgehead atoms. The van der Waals surface area contributed by atoms with Gasteiger partial charge in [0.15, 0.2) is 5.82 Å². The van der Waals surface area contributed by atoms with Gasteiger partial charge in [-0.3, -0.25) is 0 Å². The number of anilines is 2. The van der Waals surface area contributed by atoms with Gasteiger partial charge in [-0.05, 0) is 18.2 Å². The minimum atomic E-state index is -0.690.